The minimum atomic E-state index is 0. The van der Waals surface area contributed by atoms with E-state index in [0.717, 1.165) is 27.5 Å². The smallest absolute Gasteiger partial charge is 0.134 e. The molecule has 0 saturated heterocycles. The van der Waals surface area contributed by atoms with Crippen LogP contribution in [0.15, 0.2) is 34.8 Å². The Morgan fingerprint density at radius 2 is 1.71 bits per heavy atom. The summed E-state index contributed by atoms with van der Waals surface area (Å²) in [5.74, 6) is 1.60. The molecule has 5 heteroatoms. The van der Waals surface area contributed by atoms with Gasteiger partial charge >= 0.3 is 0 Å². The second kappa shape index (κ2) is 5.98. The Hall–Kier alpha value is -1.13. The van der Waals surface area contributed by atoms with Gasteiger partial charge in [-0.3, -0.25) is 0 Å². The van der Waals surface area contributed by atoms with Gasteiger partial charge in [0.05, 0.1) is 0 Å². The van der Waals surface area contributed by atoms with Gasteiger partial charge in [0.2, 0.25) is 0 Å². The van der Waals surface area contributed by atoms with Crippen LogP contribution in [0, 0.1) is 13.8 Å². The molecule has 0 fully saturated rings. The van der Waals surface area contributed by atoms with Crippen LogP contribution in [0.1, 0.15) is 11.5 Å². The van der Waals surface area contributed by atoms with E-state index in [4.69, 9.17) is 0 Å². The normalized spacial score (nSPS) is 9.59. The van der Waals surface area contributed by atoms with Crippen LogP contribution in [-0.2, 0) is 0 Å². The van der Waals surface area contributed by atoms with E-state index < -0.39 is 0 Å². The van der Waals surface area contributed by atoms with Crippen molar-refractivity contribution in [2.45, 2.75) is 13.8 Å². The summed E-state index contributed by atoms with van der Waals surface area (Å²) in [7, 11) is 0. The molecular weight excluding hydrogens is 302 g/mol. The second-order valence-electron chi connectivity index (χ2n) is 3.57. The Morgan fingerprint density at radius 3 is 2.29 bits per heavy atom. The Morgan fingerprint density at radius 1 is 1.06 bits per heavy atom. The monoisotopic (exact) mass is 313 g/mol. The first-order chi connectivity index (χ1) is 7.63. The number of rotatable bonds is 2. The Balaban J connectivity index is 0.00000144. The van der Waals surface area contributed by atoms with E-state index in [2.05, 4.69) is 31.2 Å². The van der Waals surface area contributed by atoms with E-state index in [9.17, 15) is 0 Å². The topological polar surface area (TPSA) is 37.8 Å². The highest BCUT2D eigenvalue weighted by Gasteiger charge is 1.99. The van der Waals surface area contributed by atoms with Crippen LogP contribution in [0.3, 0.4) is 0 Å². The molecule has 1 heterocycles. The van der Waals surface area contributed by atoms with Crippen molar-refractivity contribution in [3.05, 3.63) is 46.3 Å². The largest absolute Gasteiger partial charge is 0.340 e. The summed E-state index contributed by atoms with van der Waals surface area (Å²) < 4.78 is 1.06. The molecule has 0 aliphatic carbocycles. The number of aromatic nitrogens is 2. The molecule has 1 aromatic heterocycles. The Bertz CT molecular complexity index is 479. The fourth-order valence-corrected chi connectivity index (χ4v) is 1.73. The molecule has 0 amide bonds. The summed E-state index contributed by atoms with van der Waals surface area (Å²) >= 11 is 3.40. The minimum Gasteiger partial charge on any atom is -0.340 e. The first kappa shape index (κ1) is 13.9. The predicted octanol–water partition coefficient (Wildman–Crippen LogP) is 4.02. The summed E-state index contributed by atoms with van der Waals surface area (Å²) in [5.41, 5.74) is 1.98. The number of benzene rings is 1. The third kappa shape index (κ3) is 3.98. The molecule has 0 spiro atoms. The highest BCUT2D eigenvalue weighted by molar-refractivity contribution is 9.10. The van der Waals surface area contributed by atoms with E-state index in [1.165, 1.54) is 0 Å². The quantitative estimate of drug-likeness (QED) is 0.909. The zero-order chi connectivity index (χ0) is 11.5. The number of hydrogen-bond donors (Lipinski definition) is 1. The van der Waals surface area contributed by atoms with Crippen LogP contribution in [0.5, 0.6) is 0 Å². The van der Waals surface area contributed by atoms with Gasteiger partial charge in [0.1, 0.15) is 11.6 Å². The molecule has 3 nitrogen and oxygen atoms in total. The van der Waals surface area contributed by atoms with Crippen molar-refractivity contribution >= 4 is 39.8 Å². The maximum Gasteiger partial charge on any atom is 0.134 e. The third-order valence-corrected chi connectivity index (χ3v) is 2.61. The van der Waals surface area contributed by atoms with Crippen molar-refractivity contribution in [2.75, 3.05) is 5.32 Å². The number of nitrogens with zero attached hydrogens (tertiary/aromatic N) is 2. The number of halogens is 2. The van der Waals surface area contributed by atoms with Crippen molar-refractivity contribution in [1.82, 2.24) is 9.97 Å². The molecular formula is C12H13BrClN3. The van der Waals surface area contributed by atoms with Crippen LogP contribution in [-0.4, -0.2) is 9.97 Å². The van der Waals surface area contributed by atoms with E-state index in [1.807, 2.05) is 44.2 Å². The fourth-order valence-electron chi connectivity index (χ4n) is 1.46. The number of anilines is 2. The molecule has 2 aromatic rings. The lowest BCUT2D eigenvalue weighted by Gasteiger charge is -2.06. The van der Waals surface area contributed by atoms with Gasteiger partial charge in [0.15, 0.2) is 0 Å². The van der Waals surface area contributed by atoms with Crippen LogP contribution in [0.25, 0.3) is 0 Å². The molecule has 0 radical (unpaired) electrons. The van der Waals surface area contributed by atoms with Crippen molar-refractivity contribution < 1.29 is 0 Å². The summed E-state index contributed by atoms with van der Waals surface area (Å²) in [6.45, 7) is 3.85. The third-order valence-electron chi connectivity index (χ3n) is 2.08. The lowest BCUT2D eigenvalue weighted by Crippen LogP contribution is -1.98. The van der Waals surface area contributed by atoms with E-state index >= 15 is 0 Å². The molecule has 0 aliphatic heterocycles. The van der Waals surface area contributed by atoms with Crippen LogP contribution >= 0.6 is 28.3 Å². The van der Waals surface area contributed by atoms with Crippen LogP contribution in [0.2, 0.25) is 0 Å². The van der Waals surface area contributed by atoms with Crippen molar-refractivity contribution in [1.29, 1.82) is 0 Å². The molecule has 90 valence electrons. The molecule has 2 rings (SSSR count). The molecule has 0 unspecified atom stereocenters. The molecule has 0 aliphatic rings. The molecule has 0 atom stereocenters. The number of aryl methyl sites for hydroxylation is 2. The average molecular weight is 315 g/mol. The van der Waals surface area contributed by atoms with Gasteiger partial charge in [0, 0.05) is 21.9 Å². The number of hydrogen-bond acceptors (Lipinski definition) is 3. The minimum absolute atomic E-state index is 0. The SMILES string of the molecule is Cc1cc(Nc2ccc(Br)cc2)nc(C)n1.Cl. The van der Waals surface area contributed by atoms with Crippen LogP contribution < -0.4 is 5.32 Å². The Kier molecular flexibility index (Phi) is 4.90. The predicted molar refractivity (Wildman–Crippen MR) is 76.2 cm³/mol. The summed E-state index contributed by atoms with van der Waals surface area (Å²) in [5, 5.41) is 3.24. The lowest BCUT2D eigenvalue weighted by atomic mass is 10.3. The van der Waals surface area contributed by atoms with E-state index in [-0.39, 0.29) is 12.4 Å². The van der Waals surface area contributed by atoms with E-state index in [0.29, 0.717) is 0 Å². The average Bonchev–Trinajstić information content (AvgIpc) is 2.20. The molecule has 0 bridgehead atoms. The lowest BCUT2D eigenvalue weighted by molar-refractivity contribution is 1.02. The van der Waals surface area contributed by atoms with E-state index in [1.54, 1.807) is 0 Å². The maximum atomic E-state index is 4.32. The Labute approximate surface area is 115 Å². The van der Waals surface area contributed by atoms with Crippen molar-refractivity contribution in [3.63, 3.8) is 0 Å². The van der Waals surface area contributed by atoms with Gasteiger partial charge in [-0.25, -0.2) is 9.97 Å². The number of nitrogens with one attached hydrogen (secondary N) is 1. The van der Waals surface area contributed by atoms with Gasteiger partial charge in [-0.1, -0.05) is 15.9 Å². The highest BCUT2D eigenvalue weighted by atomic mass is 79.9. The summed E-state index contributed by atoms with van der Waals surface area (Å²) in [4.78, 5) is 8.55. The first-order valence-electron chi connectivity index (χ1n) is 4.98. The standard InChI is InChI=1S/C12H12BrN3.ClH/c1-8-7-12(15-9(2)14-8)16-11-5-3-10(13)4-6-11;/h3-7H,1-2H3,(H,14,15,16);1H. The molecule has 17 heavy (non-hydrogen) atoms. The van der Waals surface area contributed by atoms with Gasteiger partial charge < -0.3 is 5.32 Å². The van der Waals surface area contributed by atoms with Gasteiger partial charge in [-0.2, -0.15) is 0 Å². The first-order valence-corrected chi connectivity index (χ1v) is 5.78. The zero-order valence-corrected chi connectivity index (χ0v) is 12.0. The van der Waals surface area contributed by atoms with Crippen LogP contribution in [0.4, 0.5) is 11.5 Å². The van der Waals surface area contributed by atoms with Crippen molar-refractivity contribution in [3.8, 4) is 0 Å². The highest BCUT2D eigenvalue weighted by Crippen LogP contribution is 2.18. The van der Waals surface area contributed by atoms with Gasteiger partial charge in [0.25, 0.3) is 0 Å². The molecule has 1 N–H and O–H groups in total. The molecule has 1 aromatic carbocycles. The zero-order valence-electron chi connectivity index (χ0n) is 9.57. The fraction of sp³-hybridized carbons (Fsp3) is 0.167. The summed E-state index contributed by atoms with van der Waals surface area (Å²) in [6, 6.07) is 9.90. The van der Waals surface area contributed by atoms with Gasteiger partial charge in [-0.15, -0.1) is 12.4 Å². The second-order valence-corrected chi connectivity index (χ2v) is 4.49. The molecule has 0 saturated carbocycles. The van der Waals surface area contributed by atoms with Crippen molar-refractivity contribution in [2.24, 2.45) is 0 Å². The summed E-state index contributed by atoms with van der Waals surface area (Å²) in [6.07, 6.45) is 0. The maximum absolute atomic E-state index is 4.32. The van der Waals surface area contributed by atoms with Gasteiger partial charge in [-0.05, 0) is 38.1 Å².